The molecule has 3 saturated heterocycles. The van der Waals surface area contributed by atoms with Crippen LogP contribution in [-0.2, 0) is 9.59 Å². The van der Waals surface area contributed by atoms with E-state index in [4.69, 9.17) is 16.3 Å². The molecule has 3 N–H and O–H groups in total. The summed E-state index contributed by atoms with van der Waals surface area (Å²) in [6, 6.07) is 30.4. The first kappa shape index (κ1) is 41.3. The highest BCUT2D eigenvalue weighted by Crippen LogP contribution is 2.36. The lowest BCUT2D eigenvalue weighted by molar-refractivity contribution is -0.136. The molecule has 0 aromatic heterocycles. The largest absolute Gasteiger partial charge is 0.508 e. The molecule has 312 valence electrons. The lowest BCUT2D eigenvalue weighted by atomic mass is 9.88. The molecule has 4 amide bonds. The molecule has 60 heavy (non-hydrogen) atoms. The quantitative estimate of drug-likeness (QED) is 0.0696. The Morgan fingerprint density at radius 2 is 1.50 bits per heavy atom. The van der Waals surface area contributed by atoms with E-state index in [1.165, 1.54) is 0 Å². The van der Waals surface area contributed by atoms with Gasteiger partial charge >= 0.3 is 0 Å². The molecule has 0 radical (unpaired) electrons. The summed E-state index contributed by atoms with van der Waals surface area (Å²) in [6.45, 7) is 6.61. The molecule has 4 aliphatic rings. The zero-order valence-corrected chi connectivity index (χ0v) is 34.5. The number of hydrogen-bond donors (Lipinski definition) is 3. The first-order chi connectivity index (χ1) is 29.2. The third-order valence-electron chi connectivity index (χ3n) is 12.3. The maximum absolute atomic E-state index is 13.3. The fraction of sp³-hybridized carbons (Fsp3) is 0.375. The van der Waals surface area contributed by atoms with Crippen molar-refractivity contribution >= 4 is 52.1 Å². The number of halogens is 1. The number of allylic oxidation sites excluding steroid dienone is 1. The molecule has 0 aliphatic carbocycles. The van der Waals surface area contributed by atoms with E-state index in [1.54, 1.807) is 24.3 Å². The summed E-state index contributed by atoms with van der Waals surface area (Å²) in [5.41, 5.74) is 6.81. The summed E-state index contributed by atoms with van der Waals surface area (Å²) in [7, 11) is 0. The van der Waals surface area contributed by atoms with Crippen LogP contribution >= 0.6 is 11.6 Å². The Kier molecular flexibility index (Phi) is 12.9. The predicted octanol–water partition coefficient (Wildman–Crippen LogP) is 7.05. The predicted molar refractivity (Wildman–Crippen MR) is 233 cm³/mol. The number of rotatable bonds is 14. The average Bonchev–Trinajstić information content (AvgIpc) is 3.50. The SMILES string of the molecule is O=C1CCC(N2C(=O)c3ccc(N[C@H]4CCCN(CC5CCN(CCOc6ccc(C(=C(CCCl)c7ccccc7)c7ccc(O)cc7)cc6)CC5)C4)cc3C2=O)C(=O)N1. The Bertz CT molecular complexity index is 2220. The van der Waals surface area contributed by atoms with Crippen LogP contribution in [0.3, 0.4) is 0 Å². The van der Waals surface area contributed by atoms with E-state index in [1.807, 2.05) is 48.5 Å². The summed E-state index contributed by atoms with van der Waals surface area (Å²) >= 11 is 6.33. The Morgan fingerprint density at radius 1 is 0.783 bits per heavy atom. The summed E-state index contributed by atoms with van der Waals surface area (Å²) in [5.74, 6) is 0.212. The minimum Gasteiger partial charge on any atom is -0.508 e. The van der Waals surface area contributed by atoms with Gasteiger partial charge in [0.15, 0.2) is 0 Å². The topological polar surface area (TPSA) is 132 Å². The number of carbonyl (C=O) groups is 4. The highest BCUT2D eigenvalue weighted by Gasteiger charge is 2.44. The number of anilines is 1. The van der Waals surface area contributed by atoms with Gasteiger partial charge in [-0.3, -0.25) is 34.3 Å². The number of ether oxygens (including phenoxy) is 1. The van der Waals surface area contributed by atoms with E-state index in [0.29, 0.717) is 36.0 Å². The molecule has 3 fully saturated rings. The van der Waals surface area contributed by atoms with Crippen molar-refractivity contribution in [2.75, 3.05) is 57.1 Å². The zero-order valence-electron chi connectivity index (χ0n) is 33.8. The number of carbonyl (C=O) groups excluding carboxylic acids is 4. The lowest BCUT2D eigenvalue weighted by Gasteiger charge is -2.38. The van der Waals surface area contributed by atoms with Gasteiger partial charge in [0, 0.05) is 43.7 Å². The van der Waals surface area contributed by atoms with Gasteiger partial charge in [0.25, 0.3) is 11.8 Å². The van der Waals surface area contributed by atoms with Crippen molar-refractivity contribution < 1.29 is 29.0 Å². The summed E-state index contributed by atoms with van der Waals surface area (Å²) in [6.07, 6.45) is 5.32. The Balaban J connectivity index is 0.801. The van der Waals surface area contributed by atoms with Crippen molar-refractivity contribution in [1.29, 1.82) is 0 Å². The zero-order chi connectivity index (χ0) is 41.6. The molecule has 8 rings (SSSR count). The number of alkyl halides is 1. The average molecular weight is 830 g/mol. The van der Waals surface area contributed by atoms with Gasteiger partial charge < -0.3 is 20.1 Å². The van der Waals surface area contributed by atoms with E-state index < -0.39 is 23.8 Å². The number of fused-ring (bicyclic) bond motifs is 1. The number of phenols is 1. The molecule has 4 aliphatic heterocycles. The number of benzene rings is 4. The van der Waals surface area contributed by atoms with E-state index in [9.17, 15) is 24.3 Å². The third kappa shape index (κ3) is 9.44. The van der Waals surface area contributed by atoms with Crippen LogP contribution in [0, 0.1) is 5.92 Å². The molecule has 0 spiro atoms. The maximum Gasteiger partial charge on any atom is 0.262 e. The van der Waals surface area contributed by atoms with Crippen LogP contribution < -0.4 is 15.4 Å². The highest BCUT2D eigenvalue weighted by atomic mass is 35.5. The van der Waals surface area contributed by atoms with Crippen LogP contribution in [-0.4, -0.2) is 107 Å². The molecule has 11 nitrogen and oxygen atoms in total. The standard InChI is InChI=1S/C48H52ClN5O6/c49-23-20-40(33-5-2-1-3-6-33)45(34-8-13-38(55)14-9-34)35-10-15-39(16-11-35)60-28-27-52-25-21-32(22-26-52)30-53-24-4-7-37(31-53)50-36-12-17-41-42(29-36)48(59)54(47(41)58)43-18-19-44(56)51-46(43)57/h1-3,5-6,8-17,29,32,37,43,50,55H,4,7,18-28,30-31H2,(H,51,56,57)/t37-,43?/m0/s1. The van der Waals surface area contributed by atoms with Crippen molar-refractivity contribution in [3.63, 3.8) is 0 Å². The second-order valence-electron chi connectivity index (χ2n) is 16.3. The van der Waals surface area contributed by atoms with Gasteiger partial charge in [-0.15, -0.1) is 11.6 Å². The second-order valence-corrected chi connectivity index (χ2v) is 16.7. The lowest BCUT2D eigenvalue weighted by Crippen LogP contribution is -2.54. The van der Waals surface area contributed by atoms with Crippen LogP contribution in [0.5, 0.6) is 11.5 Å². The van der Waals surface area contributed by atoms with E-state index in [2.05, 4.69) is 44.7 Å². The van der Waals surface area contributed by atoms with Gasteiger partial charge in [-0.2, -0.15) is 0 Å². The maximum atomic E-state index is 13.3. The first-order valence-electron chi connectivity index (χ1n) is 21.2. The molecule has 4 aromatic rings. The normalized spacial score (nSPS) is 20.8. The van der Waals surface area contributed by atoms with Gasteiger partial charge in [0.2, 0.25) is 11.8 Å². The molecule has 4 aromatic carbocycles. The van der Waals surface area contributed by atoms with Gasteiger partial charge in [-0.25, -0.2) is 0 Å². The number of amides is 4. The molecule has 12 heteroatoms. The molecular formula is C48H52ClN5O6. The number of nitrogens with zero attached hydrogens (tertiary/aromatic N) is 3. The van der Waals surface area contributed by atoms with Crippen LogP contribution in [0.15, 0.2) is 97.1 Å². The molecule has 1 unspecified atom stereocenters. The van der Waals surface area contributed by atoms with E-state index in [0.717, 1.165) is 109 Å². The third-order valence-corrected chi connectivity index (χ3v) is 12.5. The molecule has 2 atom stereocenters. The summed E-state index contributed by atoms with van der Waals surface area (Å²) in [4.78, 5) is 56.6. The fourth-order valence-electron chi connectivity index (χ4n) is 9.19. The second kappa shape index (κ2) is 18.8. The number of phenolic OH excluding ortho intramolecular Hbond substituents is 1. The number of likely N-dealkylation sites (tertiary alicyclic amines) is 2. The molecule has 0 bridgehead atoms. The van der Waals surface area contributed by atoms with Crippen LogP contribution in [0.25, 0.3) is 11.1 Å². The Hall–Kier alpha value is -5.49. The minimum absolute atomic E-state index is 0.0944. The highest BCUT2D eigenvalue weighted by molar-refractivity contribution is 6.23. The van der Waals surface area contributed by atoms with Crippen molar-refractivity contribution in [3.8, 4) is 11.5 Å². The van der Waals surface area contributed by atoms with Crippen LogP contribution in [0.4, 0.5) is 5.69 Å². The number of imide groups is 2. The number of nitrogens with one attached hydrogen (secondary N) is 2. The van der Waals surface area contributed by atoms with Crippen LogP contribution in [0.2, 0.25) is 0 Å². The van der Waals surface area contributed by atoms with E-state index in [-0.39, 0.29) is 30.5 Å². The molecule has 0 saturated carbocycles. The molecule has 4 heterocycles. The van der Waals surface area contributed by atoms with Crippen LogP contribution in [0.1, 0.15) is 82.4 Å². The van der Waals surface area contributed by atoms with Gasteiger partial charge in [-0.05, 0) is 134 Å². The van der Waals surface area contributed by atoms with E-state index >= 15 is 0 Å². The number of piperidine rings is 3. The summed E-state index contributed by atoms with van der Waals surface area (Å²) < 4.78 is 6.25. The van der Waals surface area contributed by atoms with Crippen molar-refractivity contribution in [2.24, 2.45) is 5.92 Å². The van der Waals surface area contributed by atoms with Crippen molar-refractivity contribution in [3.05, 3.63) is 125 Å². The van der Waals surface area contributed by atoms with Gasteiger partial charge in [0.1, 0.15) is 24.1 Å². The van der Waals surface area contributed by atoms with Crippen molar-refractivity contribution in [2.45, 2.75) is 57.0 Å². The smallest absolute Gasteiger partial charge is 0.262 e. The minimum atomic E-state index is -0.972. The summed E-state index contributed by atoms with van der Waals surface area (Å²) in [5, 5.41) is 15.9. The Labute approximate surface area is 356 Å². The van der Waals surface area contributed by atoms with Gasteiger partial charge in [-0.1, -0.05) is 54.6 Å². The van der Waals surface area contributed by atoms with Gasteiger partial charge in [0.05, 0.1) is 11.1 Å². The monoisotopic (exact) mass is 829 g/mol. The Morgan fingerprint density at radius 3 is 2.22 bits per heavy atom. The number of hydrogen-bond acceptors (Lipinski definition) is 9. The molecular weight excluding hydrogens is 778 g/mol. The fourth-order valence-corrected chi connectivity index (χ4v) is 9.38. The number of aromatic hydroxyl groups is 1. The first-order valence-corrected chi connectivity index (χ1v) is 21.7. The van der Waals surface area contributed by atoms with Crippen molar-refractivity contribution in [1.82, 2.24) is 20.0 Å².